The molecule has 0 saturated carbocycles. The van der Waals surface area contributed by atoms with Crippen molar-refractivity contribution in [2.75, 3.05) is 0 Å². The zero-order valence-electron chi connectivity index (χ0n) is 16.5. The zero-order valence-corrected chi connectivity index (χ0v) is 17.3. The third-order valence-corrected chi connectivity index (χ3v) is 5.32. The normalized spacial score (nSPS) is 15.6. The Bertz CT molecular complexity index is 969. The number of carbonyl (C=O) groups is 2. The van der Waals surface area contributed by atoms with E-state index in [1.54, 1.807) is 17.4 Å². The molecule has 164 valence electrons. The monoisotopic (exact) mass is 445 g/mol. The summed E-state index contributed by atoms with van der Waals surface area (Å²) in [6.07, 6.45) is -2.11. The summed E-state index contributed by atoms with van der Waals surface area (Å²) in [7, 11) is 0. The topological polar surface area (TPSA) is 101 Å². The Kier molecular flexibility index (Phi) is 7.77. The van der Waals surface area contributed by atoms with Crippen molar-refractivity contribution in [1.29, 1.82) is 0 Å². The predicted octanol–water partition coefficient (Wildman–Crippen LogP) is 2.68. The molecule has 0 radical (unpaired) electrons. The van der Waals surface area contributed by atoms with E-state index >= 15 is 0 Å². The van der Waals surface area contributed by atoms with E-state index in [2.05, 4.69) is 10.3 Å². The van der Waals surface area contributed by atoms with Crippen LogP contribution in [0.5, 0.6) is 0 Å². The molecule has 1 aliphatic carbocycles. The number of aromatic nitrogens is 2. The third-order valence-electron chi connectivity index (χ3n) is 4.50. The maximum Gasteiger partial charge on any atom is 0.490 e. The molecule has 2 aromatic heterocycles. The van der Waals surface area contributed by atoms with Gasteiger partial charge in [0.2, 0.25) is 5.91 Å². The molecule has 3 rings (SSSR count). The van der Waals surface area contributed by atoms with E-state index in [9.17, 15) is 22.8 Å². The van der Waals surface area contributed by atoms with Crippen LogP contribution in [0.2, 0.25) is 0 Å². The van der Waals surface area contributed by atoms with Crippen LogP contribution in [0.3, 0.4) is 0 Å². The van der Waals surface area contributed by atoms with Gasteiger partial charge in [-0.3, -0.25) is 9.59 Å². The van der Waals surface area contributed by atoms with Crippen LogP contribution < -0.4 is 10.9 Å². The minimum atomic E-state index is -5.08. The molecule has 1 atom stereocenters. The van der Waals surface area contributed by atoms with Crippen LogP contribution in [0.4, 0.5) is 13.2 Å². The molecule has 0 bridgehead atoms. The van der Waals surface area contributed by atoms with Crippen molar-refractivity contribution in [1.82, 2.24) is 14.9 Å². The smallest absolute Gasteiger partial charge is 0.475 e. The summed E-state index contributed by atoms with van der Waals surface area (Å²) in [6, 6.07) is 3.70. The SMILES string of the molecule is CCC(=O)NC1CCc2c(ccc(=O)n2Cc2csc(C)n2)C1.O=C(O)C(F)(F)F. The average molecular weight is 445 g/mol. The lowest BCUT2D eigenvalue weighted by atomic mass is 9.91. The van der Waals surface area contributed by atoms with E-state index < -0.39 is 12.1 Å². The van der Waals surface area contributed by atoms with Crippen LogP contribution in [0.15, 0.2) is 22.3 Å². The van der Waals surface area contributed by atoms with E-state index in [4.69, 9.17) is 9.90 Å². The second kappa shape index (κ2) is 9.88. The van der Waals surface area contributed by atoms with Crippen molar-refractivity contribution in [3.8, 4) is 0 Å². The summed E-state index contributed by atoms with van der Waals surface area (Å²) in [5, 5.41) is 13.2. The number of fused-ring (bicyclic) bond motifs is 1. The first-order valence-electron chi connectivity index (χ1n) is 9.23. The summed E-state index contributed by atoms with van der Waals surface area (Å²) in [6.45, 7) is 4.36. The molecule has 0 aliphatic heterocycles. The first-order valence-corrected chi connectivity index (χ1v) is 10.1. The largest absolute Gasteiger partial charge is 0.490 e. The molecule has 0 aromatic carbocycles. The van der Waals surface area contributed by atoms with Gasteiger partial charge in [-0.1, -0.05) is 13.0 Å². The molecular formula is C19H22F3N3O4S. The maximum absolute atomic E-state index is 12.3. The molecule has 11 heteroatoms. The van der Waals surface area contributed by atoms with Gasteiger partial charge >= 0.3 is 12.1 Å². The predicted molar refractivity (Wildman–Crippen MR) is 105 cm³/mol. The van der Waals surface area contributed by atoms with Gasteiger partial charge in [-0.2, -0.15) is 13.2 Å². The first kappa shape index (κ1) is 23.6. The second-order valence-corrected chi connectivity index (χ2v) is 7.81. The number of aryl methyl sites for hydroxylation is 1. The Balaban J connectivity index is 0.000000396. The Morgan fingerprint density at radius 3 is 2.57 bits per heavy atom. The summed E-state index contributed by atoms with van der Waals surface area (Å²) < 4.78 is 33.6. The maximum atomic E-state index is 12.3. The van der Waals surface area contributed by atoms with Crippen LogP contribution >= 0.6 is 11.3 Å². The molecular weight excluding hydrogens is 423 g/mol. The highest BCUT2D eigenvalue weighted by Crippen LogP contribution is 2.21. The lowest BCUT2D eigenvalue weighted by molar-refractivity contribution is -0.192. The minimum Gasteiger partial charge on any atom is -0.475 e. The highest BCUT2D eigenvalue weighted by atomic mass is 32.1. The van der Waals surface area contributed by atoms with Crippen molar-refractivity contribution >= 4 is 23.2 Å². The molecule has 2 aromatic rings. The van der Waals surface area contributed by atoms with Crippen LogP contribution in [-0.4, -0.2) is 38.8 Å². The number of carboxylic acids is 1. The molecule has 0 saturated heterocycles. The fraction of sp³-hybridized carbons (Fsp3) is 0.474. The number of hydrogen-bond acceptors (Lipinski definition) is 5. The van der Waals surface area contributed by atoms with Crippen LogP contribution in [0, 0.1) is 6.92 Å². The van der Waals surface area contributed by atoms with E-state index in [1.807, 2.05) is 29.9 Å². The Hall–Kier alpha value is -2.69. The van der Waals surface area contributed by atoms with Crippen molar-refractivity contribution in [2.45, 2.75) is 58.3 Å². The number of nitrogens with zero attached hydrogens (tertiary/aromatic N) is 2. The number of halogens is 3. The third kappa shape index (κ3) is 6.41. The Morgan fingerprint density at radius 2 is 2.03 bits per heavy atom. The average Bonchev–Trinajstić information content (AvgIpc) is 3.08. The van der Waals surface area contributed by atoms with Crippen LogP contribution in [0.25, 0.3) is 0 Å². The molecule has 2 heterocycles. The fourth-order valence-electron chi connectivity index (χ4n) is 3.09. The number of amides is 1. The fourth-order valence-corrected chi connectivity index (χ4v) is 3.70. The van der Waals surface area contributed by atoms with E-state index in [0.29, 0.717) is 13.0 Å². The van der Waals surface area contributed by atoms with Gasteiger partial charge in [-0.15, -0.1) is 11.3 Å². The van der Waals surface area contributed by atoms with Crippen LogP contribution in [-0.2, 0) is 29.0 Å². The van der Waals surface area contributed by atoms with Crippen LogP contribution in [0.1, 0.15) is 41.7 Å². The number of hydrogen-bond donors (Lipinski definition) is 2. The molecule has 1 unspecified atom stereocenters. The van der Waals surface area contributed by atoms with Gasteiger partial charge in [0.15, 0.2) is 0 Å². The number of alkyl halides is 3. The second-order valence-electron chi connectivity index (χ2n) is 6.75. The summed E-state index contributed by atoms with van der Waals surface area (Å²) in [5.74, 6) is -2.67. The highest BCUT2D eigenvalue weighted by Gasteiger charge is 2.38. The molecule has 0 fully saturated rings. The van der Waals surface area contributed by atoms with Gasteiger partial charge in [0, 0.05) is 29.6 Å². The highest BCUT2D eigenvalue weighted by molar-refractivity contribution is 7.09. The quantitative estimate of drug-likeness (QED) is 0.754. The van der Waals surface area contributed by atoms with E-state index in [0.717, 1.165) is 41.2 Å². The van der Waals surface area contributed by atoms with Gasteiger partial charge in [0.05, 0.1) is 17.2 Å². The van der Waals surface area contributed by atoms with Gasteiger partial charge in [0.1, 0.15) is 0 Å². The van der Waals surface area contributed by atoms with Crippen molar-refractivity contribution in [3.05, 3.63) is 49.8 Å². The number of aliphatic carboxylic acids is 1. The summed E-state index contributed by atoms with van der Waals surface area (Å²) >= 11 is 1.60. The Labute approximate surface area is 174 Å². The lowest BCUT2D eigenvalue weighted by Crippen LogP contribution is -2.40. The number of carboxylic acid groups (broad SMARTS) is 1. The number of rotatable bonds is 4. The summed E-state index contributed by atoms with van der Waals surface area (Å²) in [5.41, 5.74) is 3.20. The van der Waals surface area contributed by atoms with Gasteiger partial charge in [0.25, 0.3) is 5.56 Å². The molecule has 0 spiro atoms. The molecule has 2 N–H and O–H groups in total. The number of nitrogens with one attached hydrogen (secondary N) is 1. The minimum absolute atomic E-state index is 0.0189. The molecule has 1 amide bonds. The van der Waals surface area contributed by atoms with Crippen molar-refractivity contribution in [3.63, 3.8) is 0 Å². The molecule has 1 aliphatic rings. The van der Waals surface area contributed by atoms with E-state index in [-0.39, 0.29) is 17.5 Å². The van der Waals surface area contributed by atoms with E-state index in [1.165, 1.54) is 0 Å². The Morgan fingerprint density at radius 1 is 1.37 bits per heavy atom. The summed E-state index contributed by atoms with van der Waals surface area (Å²) in [4.78, 5) is 37.2. The van der Waals surface area contributed by atoms with Crippen molar-refractivity contribution in [2.24, 2.45) is 0 Å². The van der Waals surface area contributed by atoms with Gasteiger partial charge < -0.3 is 15.0 Å². The number of thiazole rings is 1. The lowest BCUT2D eigenvalue weighted by Gasteiger charge is -2.27. The number of pyridine rings is 1. The standard InChI is InChI=1S/C17H21N3O2S.C2HF3O2/c1-3-16(21)19-13-5-6-15-12(8-13)4-7-17(22)20(15)9-14-10-23-11(2)18-14;3-2(4,5)1(6)7/h4,7,10,13H,3,5-6,8-9H2,1-2H3,(H,19,21);(H,6,7). The zero-order chi connectivity index (χ0) is 22.5. The van der Waals surface area contributed by atoms with Gasteiger partial charge in [-0.05, 0) is 31.7 Å². The van der Waals surface area contributed by atoms with Crippen molar-refractivity contribution < 1.29 is 27.9 Å². The number of carbonyl (C=O) groups excluding carboxylic acids is 1. The molecule has 7 nitrogen and oxygen atoms in total. The first-order chi connectivity index (χ1) is 14.0. The molecule has 30 heavy (non-hydrogen) atoms. The van der Waals surface area contributed by atoms with Gasteiger partial charge in [-0.25, -0.2) is 9.78 Å².